The number of nitrogens with one attached hydrogen (secondary N) is 1. The third-order valence-electron chi connectivity index (χ3n) is 1.22. The van der Waals surface area contributed by atoms with Crippen molar-refractivity contribution in [2.45, 2.75) is 6.92 Å². The van der Waals surface area contributed by atoms with Crippen molar-refractivity contribution in [3.8, 4) is 0 Å². The Morgan fingerprint density at radius 1 is 1.75 bits per heavy atom. The summed E-state index contributed by atoms with van der Waals surface area (Å²) >= 11 is 0. The maximum Gasteiger partial charge on any atom is 0.354 e. The summed E-state index contributed by atoms with van der Waals surface area (Å²) in [5.74, 6) is -0.365. The van der Waals surface area contributed by atoms with Crippen LogP contribution in [0.5, 0.6) is 0 Å². The van der Waals surface area contributed by atoms with Crippen LogP contribution in [-0.2, 0) is 9.53 Å². The van der Waals surface area contributed by atoms with Gasteiger partial charge in [-0.3, -0.25) is 4.99 Å². The van der Waals surface area contributed by atoms with E-state index in [1.54, 1.807) is 25.4 Å². The Labute approximate surface area is 70.6 Å². The minimum Gasteiger partial charge on any atom is -0.461 e. The minimum absolute atomic E-state index is 0.365. The molecule has 0 radical (unpaired) electrons. The van der Waals surface area contributed by atoms with Crippen LogP contribution in [0.3, 0.4) is 0 Å². The molecule has 1 aliphatic heterocycles. The van der Waals surface area contributed by atoms with Gasteiger partial charge in [-0.2, -0.15) is 0 Å². The van der Waals surface area contributed by atoms with Gasteiger partial charge in [-0.15, -0.1) is 0 Å². The van der Waals surface area contributed by atoms with Crippen LogP contribution in [0, 0.1) is 0 Å². The second-order valence-electron chi connectivity index (χ2n) is 2.06. The first-order chi connectivity index (χ1) is 5.84. The van der Waals surface area contributed by atoms with Crippen molar-refractivity contribution in [3.63, 3.8) is 0 Å². The van der Waals surface area contributed by atoms with Gasteiger partial charge in [0.2, 0.25) is 0 Å². The van der Waals surface area contributed by atoms with E-state index >= 15 is 0 Å². The van der Waals surface area contributed by atoms with E-state index in [4.69, 9.17) is 4.74 Å². The number of rotatable bonds is 2. The number of carbonyl (C=O) groups excluding carboxylic acids is 1. The lowest BCUT2D eigenvalue weighted by Crippen LogP contribution is -2.17. The number of ether oxygens (including phenoxy) is 1. The molecule has 0 aromatic carbocycles. The summed E-state index contributed by atoms with van der Waals surface area (Å²) in [6.07, 6.45) is 6.23. The zero-order chi connectivity index (χ0) is 8.81. The molecule has 0 aromatic rings. The molecule has 0 bridgehead atoms. The summed E-state index contributed by atoms with van der Waals surface area (Å²) in [5, 5.41) is 2.75. The standard InChI is InChI=1S/C8H10N2O2/c1-2-12-8(11)7-3-4-9-5-6-10-7/h3-6,10H,2H2,1H3. The molecule has 0 amide bonds. The highest BCUT2D eigenvalue weighted by Crippen LogP contribution is 1.95. The molecular formula is C8H10N2O2. The van der Waals surface area contributed by atoms with Crippen molar-refractivity contribution >= 4 is 12.2 Å². The van der Waals surface area contributed by atoms with Gasteiger partial charge in [0.05, 0.1) is 6.61 Å². The molecule has 12 heavy (non-hydrogen) atoms. The lowest BCUT2D eigenvalue weighted by molar-refractivity contribution is -0.138. The van der Waals surface area contributed by atoms with Gasteiger partial charge in [0.1, 0.15) is 5.70 Å². The van der Waals surface area contributed by atoms with Gasteiger partial charge in [0.15, 0.2) is 0 Å². The minimum atomic E-state index is -0.365. The SMILES string of the molecule is CCOC(=O)C1=CC=NC=CN1. The maximum absolute atomic E-state index is 11.1. The Kier molecular flexibility index (Phi) is 3.07. The van der Waals surface area contributed by atoms with Gasteiger partial charge in [-0.25, -0.2) is 4.79 Å². The monoisotopic (exact) mass is 166 g/mol. The third-order valence-corrected chi connectivity index (χ3v) is 1.22. The molecule has 0 spiro atoms. The van der Waals surface area contributed by atoms with Crippen LogP contribution < -0.4 is 5.32 Å². The number of hydrogen-bond acceptors (Lipinski definition) is 4. The molecule has 1 N–H and O–H groups in total. The van der Waals surface area contributed by atoms with Gasteiger partial charge in [0.25, 0.3) is 0 Å². The molecule has 0 aromatic heterocycles. The first kappa shape index (κ1) is 8.52. The number of esters is 1. The van der Waals surface area contributed by atoms with Crippen molar-refractivity contribution < 1.29 is 9.53 Å². The molecule has 0 fully saturated rings. The van der Waals surface area contributed by atoms with Crippen LogP contribution in [0.1, 0.15) is 6.92 Å². The van der Waals surface area contributed by atoms with E-state index in [-0.39, 0.29) is 5.97 Å². The zero-order valence-corrected chi connectivity index (χ0v) is 6.78. The largest absolute Gasteiger partial charge is 0.461 e. The molecular weight excluding hydrogens is 156 g/mol. The molecule has 1 heterocycles. The molecule has 1 rings (SSSR count). The Bertz CT molecular complexity index is 254. The summed E-state index contributed by atoms with van der Waals surface area (Å²) in [4.78, 5) is 14.9. The molecule has 0 atom stereocenters. The van der Waals surface area contributed by atoms with Crippen LogP contribution in [0.4, 0.5) is 0 Å². The van der Waals surface area contributed by atoms with Gasteiger partial charge in [0, 0.05) is 18.6 Å². The molecule has 0 aliphatic carbocycles. The van der Waals surface area contributed by atoms with Crippen molar-refractivity contribution in [2.24, 2.45) is 4.99 Å². The topological polar surface area (TPSA) is 50.7 Å². The molecule has 0 saturated carbocycles. The van der Waals surface area contributed by atoms with Crippen LogP contribution in [0.2, 0.25) is 0 Å². The highest BCUT2D eigenvalue weighted by molar-refractivity contribution is 5.93. The molecule has 0 saturated heterocycles. The Morgan fingerprint density at radius 2 is 2.58 bits per heavy atom. The number of allylic oxidation sites excluding steroid dienone is 1. The van der Waals surface area contributed by atoms with E-state index in [1.165, 1.54) is 6.21 Å². The van der Waals surface area contributed by atoms with E-state index in [1.807, 2.05) is 0 Å². The Hall–Kier alpha value is -1.58. The summed E-state index contributed by atoms with van der Waals surface area (Å²) in [6, 6.07) is 0. The van der Waals surface area contributed by atoms with Gasteiger partial charge < -0.3 is 10.1 Å². The highest BCUT2D eigenvalue weighted by Gasteiger charge is 2.07. The van der Waals surface area contributed by atoms with Gasteiger partial charge in [-0.05, 0) is 13.0 Å². The number of hydrogen-bond donors (Lipinski definition) is 1. The predicted octanol–water partition coefficient (Wildman–Crippen LogP) is 0.579. The number of aliphatic imine (C=N–C) groups is 1. The van der Waals surface area contributed by atoms with Crippen LogP contribution in [0.25, 0.3) is 0 Å². The summed E-state index contributed by atoms with van der Waals surface area (Å²) in [7, 11) is 0. The normalized spacial score (nSPS) is 14.6. The van der Waals surface area contributed by atoms with Crippen molar-refractivity contribution in [2.75, 3.05) is 6.61 Å². The second kappa shape index (κ2) is 4.33. The molecule has 4 nitrogen and oxygen atoms in total. The van der Waals surface area contributed by atoms with Gasteiger partial charge in [-0.1, -0.05) is 0 Å². The van der Waals surface area contributed by atoms with Crippen LogP contribution in [-0.4, -0.2) is 18.8 Å². The van der Waals surface area contributed by atoms with Crippen molar-refractivity contribution in [1.82, 2.24) is 5.32 Å². The molecule has 0 unspecified atom stereocenters. The Morgan fingerprint density at radius 3 is 3.33 bits per heavy atom. The number of carbonyl (C=O) groups is 1. The highest BCUT2D eigenvalue weighted by atomic mass is 16.5. The van der Waals surface area contributed by atoms with Crippen LogP contribution in [0.15, 0.2) is 29.2 Å². The lowest BCUT2D eigenvalue weighted by Gasteiger charge is -2.03. The molecule has 64 valence electrons. The first-order valence-electron chi connectivity index (χ1n) is 3.66. The van der Waals surface area contributed by atoms with Crippen molar-refractivity contribution in [1.29, 1.82) is 0 Å². The zero-order valence-electron chi connectivity index (χ0n) is 6.78. The van der Waals surface area contributed by atoms with E-state index in [2.05, 4.69) is 10.3 Å². The lowest BCUT2D eigenvalue weighted by atomic mass is 10.4. The molecule has 4 heteroatoms. The predicted molar refractivity (Wildman–Crippen MR) is 45.5 cm³/mol. The fourth-order valence-electron chi connectivity index (χ4n) is 0.721. The average molecular weight is 166 g/mol. The average Bonchev–Trinajstić information content (AvgIpc) is 2.32. The van der Waals surface area contributed by atoms with E-state index < -0.39 is 0 Å². The van der Waals surface area contributed by atoms with Crippen LogP contribution >= 0.6 is 0 Å². The summed E-state index contributed by atoms with van der Waals surface area (Å²) in [5.41, 5.74) is 0.398. The smallest absolute Gasteiger partial charge is 0.354 e. The third kappa shape index (κ3) is 2.23. The van der Waals surface area contributed by atoms with E-state index in [0.29, 0.717) is 12.3 Å². The summed E-state index contributed by atoms with van der Waals surface area (Å²) < 4.78 is 4.77. The first-order valence-corrected chi connectivity index (χ1v) is 3.66. The quantitative estimate of drug-likeness (QED) is 0.610. The van der Waals surface area contributed by atoms with E-state index in [0.717, 1.165) is 0 Å². The maximum atomic E-state index is 11.1. The summed E-state index contributed by atoms with van der Waals surface area (Å²) in [6.45, 7) is 2.14. The fourth-order valence-corrected chi connectivity index (χ4v) is 0.721. The van der Waals surface area contributed by atoms with Crippen molar-refractivity contribution in [3.05, 3.63) is 24.2 Å². The second-order valence-corrected chi connectivity index (χ2v) is 2.06. The Balaban J connectivity index is 2.62. The number of nitrogens with zero attached hydrogens (tertiary/aromatic N) is 1. The van der Waals surface area contributed by atoms with Gasteiger partial charge >= 0.3 is 5.97 Å². The molecule has 1 aliphatic rings. The fraction of sp³-hybridized carbons (Fsp3) is 0.250. The van der Waals surface area contributed by atoms with E-state index in [9.17, 15) is 4.79 Å².